The van der Waals surface area contributed by atoms with E-state index < -0.39 is 5.97 Å². The van der Waals surface area contributed by atoms with Gasteiger partial charge >= 0.3 is 5.97 Å². The summed E-state index contributed by atoms with van der Waals surface area (Å²) < 4.78 is 0. The van der Waals surface area contributed by atoms with Gasteiger partial charge in [0.05, 0.1) is 0 Å². The number of rotatable bonds is 2. The molecule has 1 amide bonds. The van der Waals surface area contributed by atoms with E-state index in [1.165, 1.54) is 20.0 Å². The molecule has 0 spiro atoms. The third kappa shape index (κ3) is 15.8. The lowest BCUT2D eigenvalue weighted by Gasteiger charge is -1.83. The lowest BCUT2D eigenvalue weighted by atomic mass is 10.4. The number of aliphatic carboxylic acids is 1. The molecular weight excluding hydrogens is 158 g/mol. The molecule has 2 N–H and O–H groups in total. The van der Waals surface area contributed by atoms with Gasteiger partial charge in [-0.1, -0.05) is 13.2 Å². The summed E-state index contributed by atoms with van der Waals surface area (Å²) in [5.41, 5.74) is 0.176. The Morgan fingerprint density at radius 3 is 1.75 bits per heavy atom. The zero-order chi connectivity index (χ0) is 10.1. The minimum atomic E-state index is -0.935. The van der Waals surface area contributed by atoms with E-state index in [2.05, 4.69) is 18.5 Å². The first-order valence-corrected chi connectivity index (χ1v) is 3.18. The van der Waals surface area contributed by atoms with Crippen molar-refractivity contribution in [2.75, 3.05) is 0 Å². The summed E-state index contributed by atoms with van der Waals surface area (Å²) in [5.74, 6) is -1.01. The second-order valence-electron chi connectivity index (χ2n) is 1.99. The second kappa shape index (κ2) is 7.53. The van der Waals surface area contributed by atoms with E-state index in [1.54, 1.807) is 0 Å². The molecule has 0 aliphatic heterocycles. The minimum absolute atomic E-state index is 0.0787. The van der Waals surface area contributed by atoms with Crippen LogP contribution in [0.5, 0.6) is 0 Å². The number of carboxylic acid groups (broad SMARTS) is 1. The summed E-state index contributed by atoms with van der Waals surface area (Å²) in [7, 11) is 0. The maximum absolute atomic E-state index is 9.86. The van der Waals surface area contributed by atoms with Crippen LogP contribution in [0.3, 0.4) is 0 Å². The number of carbonyl (C=O) groups excluding carboxylic acids is 1. The first-order valence-electron chi connectivity index (χ1n) is 3.18. The molecule has 0 radical (unpaired) electrons. The highest BCUT2D eigenvalue weighted by molar-refractivity contribution is 5.84. The van der Waals surface area contributed by atoms with Crippen molar-refractivity contribution in [3.8, 4) is 0 Å². The average Bonchev–Trinajstić information content (AvgIpc) is 1.87. The van der Waals surface area contributed by atoms with E-state index in [0.717, 1.165) is 0 Å². The molecule has 68 valence electrons. The van der Waals surface area contributed by atoms with Gasteiger partial charge in [0.15, 0.2) is 0 Å². The zero-order valence-corrected chi connectivity index (χ0v) is 7.26. The van der Waals surface area contributed by atoms with Gasteiger partial charge in [-0.2, -0.15) is 0 Å². The molecule has 0 saturated heterocycles. The van der Waals surface area contributed by atoms with Crippen LogP contribution in [0.25, 0.3) is 0 Å². The molecule has 0 heterocycles. The molecule has 0 bridgehead atoms. The van der Waals surface area contributed by atoms with Gasteiger partial charge < -0.3 is 10.4 Å². The molecule has 0 unspecified atom stereocenters. The van der Waals surface area contributed by atoms with Crippen molar-refractivity contribution in [3.63, 3.8) is 0 Å². The van der Waals surface area contributed by atoms with Crippen molar-refractivity contribution in [2.45, 2.75) is 13.8 Å². The third-order valence-corrected chi connectivity index (χ3v) is 0.670. The Morgan fingerprint density at radius 1 is 1.42 bits per heavy atom. The summed E-state index contributed by atoms with van der Waals surface area (Å²) in [6.07, 6.45) is 1.35. The van der Waals surface area contributed by atoms with Crippen LogP contribution >= 0.6 is 0 Å². The fourth-order valence-electron chi connectivity index (χ4n) is 0.144. The number of nitrogens with one attached hydrogen (secondary N) is 1. The van der Waals surface area contributed by atoms with Gasteiger partial charge in [-0.3, -0.25) is 4.79 Å². The van der Waals surface area contributed by atoms with Crippen molar-refractivity contribution >= 4 is 11.9 Å². The molecule has 0 aromatic heterocycles. The van der Waals surface area contributed by atoms with Crippen molar-refractivity contribution in [1.82, 2.24) is 5.32 Å². The summed E-state index contributed by atoms with van der Waals surface area (Å²) in [5, 5.41) is 10.2. The Labute approximate surface area is 71.6 Å². The fourth-order valence-corrected chi connectivity index (χ4v) is 0.144. The molecule has 0 aromatic carbocycles. The van der Waals surface area contributed by atoms with E-state index in [0.29, 0.717) is 0 Å². The lowest BCUT2D eigenvalue weighted by molar-refractivity contribution is -0.132. The van der Waals surface area contributed by atoms with Crippen molar-refractivity contribution in [1.29, 1.82) is 0 Å². The zero-order valence-electron chi connectivity index (χ0n) is 7.26. The van der Waals surface area contributed by atoms with E-state index >= 15 is 0 Å². The Morgan fingerprint density at radius 2 is 1.75 bits per heavy atom. The Kier molecular flexibility index (Phi) is 8.18. The summed E-state index contributed by atoms with van der Waals surface area (Å²) in [4.78, 5) is 19.5. The monoisotopic (exact) mass is 171 g/mol. The van der Waals surface area contributed by atoms with Crippen LogP contribution in [-0.4, -0.2) is 17.0 Å². The minimum Gasteiger partial charge on any atom is -0.478 e. The average molecular weight is 171 g/mol. The molecule has 12 heavy (non-hydrogen) atoms. The molecule has 4 heteroatoms. The predicted molar refractivity (Wildman–Crippen MR) is 46.5 cm³/mol. The normalized spacial score (nSPS) is 7.17. The van der Waals surface area contributed by atoms with Crippen LogP contribution in [0.2, 0.25) is 0 Å². The predicted octanol–water partition coefficient (Wildman–Crippen LogP) is 0.913. The Bertz CT molecular complexity index is 184. The van der Waals surface area contributed by atoms with Crippen LogP contribution in [0.15, 0.2) is 24.9 Å². The topological polar surface area (TPSA) is 66.4 Å². The highest BCUT2D eigenvalue weighted by atomic mass is 16.4. The van der Waals surface area contributed by atoms with Gasteiger partial charge in [-0.05, 0) is 13.1 Å². The first-order chi connectivity index (χ1) is 5.41. The van der Waals surface area contributed by atoms with Crippen molar-refractivity contribution in [2.24, 2.45) is 0 Å². The molecule has 0 saturated carbocycles. The van der Waals surface area contributed by atoms with E-state index in [-0.39, 0.29) is 11.5 Å². The van der Waals surface area contributed by atoms with Crippen LogP contribution in [-0.2, 0) is 9.59 Å². The largest absolute Gasteiger partial charge is 0.478 e. The Hall–Kier alpha value is -1.58. The quantitative estimate of drug-likeness (QED) is 0.607. The number of hydrogen-bond donors (Lipinski definition) is 2. The second-order valence-corrected chi connectivity index (χ2v) is 1.99. The van der Waals surface area contributed by atoms with Crippen LogP contribution in [0, 0.1) is 0 Å². The van der Waals surface area contributed by atoms with Gasteiger partial charge in [0.1, 0.15) is 0 Å². The van der Waals surface area contributed by atoms with Crippen molar-refractivity contribution < 1.29 is 14.7 Å². The van der Waals surface area contributed by atoms with Gasteiger partial charge in [0, 0.05) is 12.5 Å². The number of hydrogen-bond acceptors (Lipinski definition) is 2. The first kappa shape index (κ1) is 13.0. The third-order valence-electron chi connectivity index (χ3n) is 0.670. The highest BCUT2D eigenvalue weighted by Crippen LogP contribution is 1.81. The fraction of sp³-hybridized carbons (Fsp3) is 0.250. The smallest absolute Gasteiger partial charge is 0.330 e. The van der Waals surface area contributed by atoms with E-state index in [9.17, 15) is 9.59 Å². The standard InChI is InChI=1S/C4H7NO.C4H6O2/c1-3-5-4(2)6;1-3(2)4(5)6/h3H,1H2,2H3,(H,5,6);1H2,2H3,(H,5,6). The van der Waals surface area contributed by atoms with Crippen LogP contribution in [0.1, 0.15) is 13.8 Å². The number of amides is 1. The van der Waals surface area contributed by atoms with Gasteiger partial charge in [0.25, 0.3) is 0 Å². The molecule has 0 rings (SSSR count). The Balaban J connectivity index is 0. The molecule has 0 aromatic rings. The molecule has 0 aliphatic carbocycles. The summed E-state index contributed by atoms with van der Waals surface area (Å²) in [6.45, 7) is 9.30. The van der Waals surface area contributed by atoms with Crippen molar-refractivity contribution in [3.05, 3.63) is 24.9 Å². The van der Waals surface area contributed by atoms with Crippen LogP contribution in [0.4, 0.5) is 0 Å². The highest BCUT2D eigenvalue weighted by Gasteiger charge is 1.90. The molecule has 0 atom stereocenters. The van der Waals surface area contributed by atoms with Crippen LogP contribution < -0.4 is 5.32 Å². The summed E-state index contributed by atoms with van der Waals surface area (Å²) >= 11 is 0. The van der Waals surface area contributed by atoms with Gasteiger partial charge in [-0.15, -0.1) is 0 Å². The van der Waals surface area contributed by atoms with Gasteiger partial charge in [0.2, 0.25) is 5.91 Å². The number of carboxylic acids is 1. The molecule has 4 nitrogen and oxygen atoms in total. The van der Waals surface area contributed by atoms with E-state index in [4.69, 9.17) is 5.11 Å². The maximum Gasteiger partial charge on any atom is 0.330 e. The SMILES string of the molecule is C=C(C)C(=O)O.C=CNC(C)=O. The van der Waals surface area contributed by atoms with Gasteiger partial charge in [-0.25, -0.2) is 4.79 Å². The molecule has 0 fully saturated rings. The van der Waals surface area contributed by atoms with E-state index in [1.807, 2.05) is 0 Å². The molecular formula is C8H13NO3. The number of carbonyl (C=O) groups is 2. The lowest BCUT2D eigenvalue weighted by Crippen LogP contribution is -2.10. The molecule has 0 aliphatic rings. The summed E-state index contributed by atoms with van der Waals surface area (Å²) in [6, 6.07) is 0. The maximum atomic E-state index is 9.86.